The predicted molar refractivity (Wildman–Crippen MR) is 86.0 cm³/mol. The number of rotatable bonds is 5. The number of methoxy groups -OCH3 is 1. The van der Waals surface area contributed by atoms with E-state index in [1.165, 1.54) is 12.8 Å². The number of para-hydroxylation sites is 1. The Morgan fingerprint density at radius 1 is 1.14 bits per heavy atom. The van der Waals surface area contributed by atoms with Crippen LogP contribution in [0.4, 0.5) is 11.5 Å². The number of nitrogens with zero attached hydrogens (tertiary/aromatic N) is 2. The van der Waals surface area contributed by atoms with Crippen LogP contribution in [-0.4, -0.2) is 25.2 Å². The van der Waals surface area contributed by atoms with Crippen LogP contribution in [0.3, 0.4) is 0 Å². The van der Waals surface area contributed by atoms with Gasteiger partial charge < -0.3 is 15.0 Å². The quantitative estimate of drug-likeness (QED) is 0.913. The Morgan fingerprint density at radius 3 is 2.76 bits per heavy atom. The SMILES string of the molecule is COc1ccccc1CNc1cccnc1N1CCCC1. The zero-order chi connectivity index (χ0) is 14.5. The van der Waals surface area contributed by atoms with Gasteiger partial charge in [-0.05, 0) is 31.0 Å². The van der Waals surface area contributed by atoms with Crippen LogP contribution in [0.25, 0.3) is 0 Å². The summed E-state index contributed by atoms with van der Waals surface area (Å²) in [6, 6.07) is 12.2. The Kier molecular flexibility index (Phi) is 4.24. The maximum atomic E-state index is 5.40. The fourth-order valence-electron chi connectivity index (χ4n) is 2.76. The van der Waals surface area contributed by atoms with Crippen molar-refractivity contribution in [3.8, 4) is 5.75 Å². The Labute approximate surface area is 125 Å². The molecule has 1 aromatic heterocycles. The van der Waals surface area contributed by atoms with E-state index in [1.807, 2.05) is 30.5 Å². The monoisotopic (exact) mass is 283 g/mol. The molecule has 1 aromatic carbocycles. The van der Waals surface area contributed by atoms with Crippen molar-refractivity contribution in [2.24, 2.45) is 0 Å². The average molecular weight is 283 g/mol. The van der Waals surface area contributed by atoms with Crippen molar-refractivity contribution in [3.05, 3.63) is 48.2 Å². The lowest BCUT2D eigenvalue weighted by Gasteiger charge is -2.20. The van der Waals surface area contributed by atoms with Crippen molar-refractivity contribution >= 4 is 11.5 Å². The summed E-state index contributed by atoms with van der Waals surface area (Å²) in [7, 11) is 1.71. The summed E-state index contributed by atoms with van der Waals surface area (Å²) < 4.78 is 5.40. The van der Waals surface area contributed by atoms with Crippen LogP contribution in [0.2, 0.25) is 0 Å². The van der Waals surface area contributed by atoms with Gasteiger partial charge in [0.25, 0.3) is 0 Å². The maximum absolute atomic E-state index is 5.40. The van der Waals surface area contributed by atoms with E-state index in [0.717, 1.165) is 42.5 Å². The van der Waals surface area contributed by atoms with Crippen LogP contribution in [0, 0.1) is 0 Å². The van der Waals surface area contributed by atoms with Crippen LogP contribution in [0.5, 0.6) is 5.75 Å². The Balaban J connectivity index is 1.76. The third-order valence-corrected chi connectivity index (χ3v) is 3.85. The van der Waals surface area contributed by atoms with Crippen molar-refractivity contribution in [3.63, 3.8) is 0 Å². The first-order valence-electron chi connectivity index (χ1n) is 7.44. The van der Waals surface area contributed by atoms with Crippen molar-refractivity contribution in [1.82, 2.24) is 4.98 Å². The zero-order valence-corrected chi connectivity index (χ0v) is 12.4. The molecule has 2 heterocycles. The lowest BCUT2D eigenvalue weighted by Crippen LogP contribution is -2.20. The molecule has 4 nitrogen and oxygen atoms in total. The molecule has 1 saturated heterocycles. The lowest BCUT2D eigenvalue weighted by molar-refractivity contribution is 0.410. The van der Waals surface area contributed by atoms with Gasteiger partial charge in [0.15, 0.2) is 5.82 Å². The van der Waals surface area contributed by atoms with E-state index < -0.39 is 0 Å². The van der Waals surface area contributed by atoms with E-state index in [9.17, 15) is 0 Å². The van der Waals surface area contributed by atoms with E-state index in [0.29, 0.717) is 0 Å². The molecule has 0 aliphatic carbocycles. The lowest BCUT2D eigenvalue weighted by atomic mass is 10.2. The molecule has 0 unspecified atom stereocenters. The van der Waals surface area contributed by atoms with Crippen molar-refractivity contribution in [2.45, 2.75) is 19.4 Å². The fourth-order valence-corrected chi connectivity index (χ4v) is 2.76. The van der Waals surface area contributed by atoms with E-state index in [-0.39, 0.29) is 0 Å². The summed E-state index contributed by atoms with van der Waals surface area (Å²) in [6.45, 7) is 2.93. The van der Waals surface area contributed by atoms with Gasteiger partial charge in [-0.3, -0.25) is 0 Å². The van der Waals surface area contributed by atoms with E-state index in [1.54, 1.807) is 7.11 Å². The maximum Gasteiger partial charge on any atom is 0.151 e. The van der Waals surface area contributed by atoms with Gasteiger partial charge in [0, 0.05) is 31.4 Å². The molecule has 0 bridgehead atoms. The second-order valence-electron chi connectivity index (χ2n) is 5.23. The van der Waals surface area contributed by atoms with Crippen molar-refractivity contribution < 1.29 is 4.74 Å². The Morgan fingerprint density at radius 2 is 1.95 bits per heavy atom. The molecule has 0 atom stereocenters. The summed E-state index contributed by atoms with van der Waals surface area (Å²) in [5.74, 6) is 1.97. The Hall–Kier alpha value is -2.23. The summed E-state index contributed by atoms with van der Waals surface area (Å²) >= 11 is 0. The molecule has 0 spiro atoms. The summed E-state index contributed by atoms with van der Waals surface area (Å²) in [5.41, 5.74) is 2.24. The first-order chi connectivity index (χ1) is 10.4. The molecule has 3 rings (SSSR count). The van der Waals surface area contributed by atoms with Gasteiger partial charge in [0.2, 0.25) is 0 Å². The molecule has 21 heavy (non-hydrogen) atoms. The second-order valence-corrected chi connectivity index (χ2v) is 5.23. The molecule has 1 aliphatic heterocycles. The highest BCUT2D eigenvalue weighted by atomic mass is 16.5. The molecule has 1 fully saturated rings. The van der Waals surface area contributed by atoms with Crippen LogP contribution >= 0.6 is 0 Å². The zero-order valence-electron chi connectivity index (χ0n) is 12.4. The van der Waals surface area contributed by atoms with Gasteiger partial charge in [0.05, 0.1) is 12.8 Å². The first-order valence-corrected chi connectivity index (χ1v) is 7.44. The molecule has 1 N–H and O–H groups in total. The minimum Gasteiger partial charge on any atom is -0.496 e. The molecular formula is C17H21N3O. The molecule has 110 valence electrons. The molecule has 0 amide bonds. The van der Waals surface area contributed by atoms with Gasteiger partial charge in [-0.15, -0.1) is 0 Å². The number of anilines is 2. The summed E-state index contributed by atoms with van der Waals surface area (Å²) in [6.07, 6.45) is 4.37. The number of benzene rings is 1. The highest BCUT2D eigenvalue weighted by molar-refractivity contribution is 5.66. The molecular weight excluding hydrogens is 262 g/mol. The molecule has 0 radical (unpaired) electrons. The normalized spacial score (nSPS) is 14.2. The topological polar surface area (TPSA) is 37.4 Å². The van der Waals surface area contributed by atoms with Crippen molar-refractivity contribution in [1.29, 1.82) is 0 Å². The number of nitrogens with one attached hydrogen (secondary N) is 1. The van der Waals surface area contributed by atoms with Gasteiger partial charge >= 0.3 is 0 Å². The average Bonchev–Trinajstić information content (AvgIpc) is 3.08. The van der Waals surface area contributed by atoms with Crippen LogP contribution in [0.1, 0.15) is 18.4 Å². The van der Waals surface area contributed by atoms with Gasteiger partial charge in [-0.1, -0.05) is 18.2 Å². The minimum absolute atomic E-state index is 0.733. The van der Waals surface area contributed by atoms with Gasteiger partial charge in [-0.25, -0.2) is 4.98 Å². The predicted octanol–water partition coefficient (Wildman–Crippen LogP) is 3.30. The minimum atomic E-state index is 0.733. The number of hydrogen-bond donors (Lipinski definition) is 1. The third kappa shape index (κ3) is 3.10. The number of pyridine rings is 1. The van der Waals surface area contributed by atoms with Crippen LogP contribution in [-0.2, 0) is 6.54 Å². The number of hydrogen-bond acceptors (Lipinski definition) is 4. The van der Waals surface area contributed by atoms with E-state index >= 15 is 0 Å². The second kappa shape index (κ2) is 6.48. The standard InChI is InChI=1S/C17H21N3O/c1-21-16-9-3-2-7-14(16)13-19-15-8-6-10-18-17(15)20-11-4-5-12-20/h2-3,6-10,19H,4-5,11-13H2,1H3. The van der Waals surface area contributed by atoms with E-state index in [4.69, 9.17) is 4.74 Å². The van der Waals surface area contributed by atoms with E-state index in [2.05, 4.69) is 27.3 Å². The highest BCUT2D eigenvalue weighted by Crippen LogP contribution is 2.27. The van der Waals surface area contributed by atoms with Gasteiger partial charge in [-0.2, -0.15) is 0 Å². The summed E-state index contributed by atoms with van der Waals surface area (Å²) in [4.78, 5) is 6.90. The smallest absolute Gasteiger partial charge is 0.151 e. The van der Waals surface area contributed by atoms with Crippen molar-refractivity contribution in [2.75, 3.05) is 30.4 Å². The Bertz CT molecular complexity index is 594. The summed E-state index contributed by atoms with van der Waals surface area (Å²) in [5, 5.41) is 3.50. The van der Waals surface area contributed by atoms with Crippen LogP contribution in [0.15, 0.2) is 42.6 Å². The molecule has 2 aromatic rings. The number of ether oxygens (including phenoxy) is 1. The fraction of sp³-hybridized carbons (Fsp3) is 0.353. The molecule has 4 heteroatoms. The molecule has 0 saturated carbocycles. The largest absolute Gasteiger partial charge is 0.496 e. The van der Waals surface area contributed by atoms with Crippen LogP contribution < -0.4 is 15.0 Å². The highest BCUT2D eigenvalue weighted by Gasteiger charge is 2.16. The van der Waals surface area contributed by atoms with Gasteiger partial charge in [0.1, 0.15) is 5.75 Å². The first kappa shape index (κ1) is 13.7. The molecule has 1 aliphatic rings. The number of aromatic nitrogens is 1. The third-order valence-electron chi connectivity index (χ3n) is 3.85.